The lowest BCUT2D eigenvalue weighted by Gasteiger charge is -2.24. The molecule has 1 heterocycles. The number of hydrogen-bond acceptors (Lipinski definition) is 4. The zero-order valence-electron chi connectivity index (χ0n) is 9.29. The van der Waals surface area contributed by atoms with Crippen LogP contribution in [-0.4, -0.2) is 36.8 Å². The van der Waals surface area contributed by atoms with E-state index in [9.17, 15) is 5.11 Å². The number of rotatable bonds is 5. The van der Waals surface area contributed by atoms with Crippen LogP contribution in [0.1, 0.15) is 27.2 Å². The molecule has 1 fully saturated rings. The minimum absolute atomic E-state index is 0.289. The van der Waals surface area contributed by atoms with Gasteiger partial charge in [-0.1, -0.05) is 13.8 Å². The first-order valence-electron chi connectivity index (χ1n) is 5.37. The molecule has 0 aromatic carbocycles. The maximum Gasteiger partial charge on any atom is 0.160 e. The van der Waals surface area contributed by atoms with E-state index in [1.165, 1.54) is 0 Å². The summed E-state index contributed by atoms with van der Waals surface area (Å²) in [7, 11) is 0. The number of aliphatic hydroxyl groups excluding tert-OH is 1. The van der Waals surface area contributed by atoms with Gasteiger partial charge < -0.3 is 9.84 Å². The van der Waals surface area contributed by atoms with E-state index in [-0.39, 0.29) is 6.04 Å². The third-order valence-electron chi connectivity index (χ3n) is 2.74. The number of ether oxygens (including phenoxy) is 1. The van der Waals surface area contributed by atoms with Crippen molar-refractivity contribution in [2.75, 3.05) is 13.2 Å². The van der Waals surface area contributed by atoms with Crippen molar-refractivity contribution < 1.29 is 9.84 Å². The van der Waals surface area contributed by atoms with Crippen LogP contribution in [0.3, 0.4) is 0 Å². The molecule has 14 heavy (non-hydrogen) atoms. The number of hydrogen-bond donors (Lipinski definition) is 3. The fourth-order valence-corrected chi connectivity index (χ4v) is 1.38. The zero-order valence-corrected chi connectivity index (χ0v) is 9.29. The van der Waals surface area contributed by atoms with Gasteiger partial charge in [-0.3, -0.25) is 10.6 Å². The van der Waals surface area contributed by atoms with Crippen molar-refractivity contribution in [1.29, 1.82) is 0 Å². The molecular weight excluding hydrogens is 180 g/mol. The molecule has 0 saturated carbocycles. The van der Waals surface area contributed by atoms with Crippen LogP contribution in [0, 0.1) is 5.92 Å². The first-order valence-corrected chi connectivity index (χ1v) is 5.37. The summed E-state index contributed by atoms with van der Waals surface area (Å²) in [6.07, 6.45) is 0.355. The summed E-state index contributed by atoms with van der Waals surface area (Å²) < 4.78 is 5.21. The van der Waals surface area contributed by atoms with Crippen LogP contribution in [-0.2, 0) is 4.74 Å². The average Bonchev–Trinajstić information content (AvgIpc) is 2.56. The molecule has 0 aliphatic carbocycles. The average molecular weight is 202 g/mol. The largest absolute Gasteiger partial charge is 0.380 e. The molecular formula is C10H22N2O2. The molecule has 0 aromatic rings. The summed E-state index contributed by atoms with van der Waals surface area (Å²) in [6.45, 7) is 7.83. The van der Waals surface area contributed by atoms with Gasteiger partial charge in [0.1, 0.15) is 0 Å². The smallest absolute Gasteiger partial charge is 0.160 e. The summed E-state index contributed by atoms with van der Waals surface area (Å²) in [5.74, 6) is 0.520. The Bertz CT molecular complexity index is 154. The molecule has 1 rings (SSSR count). The molecule has 2 unspecified atom stereocenters. The van der Waals surface area contributed by atoms with Crippen molar-refractivity contribution in [2.24, 2.45) is 5.92 Å². The van der Waals surface area contributed by atoms with Crippen LogP contribution in [0.2, 0.25) is 0 Å². The van der Waals surface area contributed by atoms with E-state index < -0.39 is 6.35 Å². The van der Waals surface area contributed by atoms with Gasteiger partial charge in [-0.15, -0.1) is 0 Å². The van der Waals surface area contributed by atoms with Gasteiger partial charge >= 0.3 is 0 Å². The van der Waals surface area contributed by atoms with E-state index in [1.54, 1.807) is 0 Å². The van der Waals surface area contributed by atoms with Crippen LogP contribution in [0.4, 0.5) is 0 Å². The van der Waals surface area contributed by atoms with Crippen molar-refractivity contribution in [3.8, 4) is 0 Å². The van der Waals surface area contributed by atoms with E-state index in [4.69, 9.17) is 4.74 Å². The SMILES string of the molecule is CC(C)[C@@H](C)NC(O)NC1CCOC1. The summed E-state index contributed by atoms with van der Waals surface area (Å²) in [5.41, 5.74) is 0. The van der Waals surface area contributed by atoms with Crippen LogP contribution >= 0.6 is 0 Å². The van der Waals surface area contributed by atoms with E-state index in [2.05, 4.69) is 31.4 Å². The molecule has 1 saturated heterocycles. The molecule has 0 bridgehead atoms. The summed E-state index contributed by atoms with van der Waals surface area (Å²) in [4.78, 5) is 0. The third kappa shape index (κ3) is 3.92. The summed E-state index contributed by atoms with van der Waals surface area (Å²) in [5, 5.41) is 15.8. The van der Waals surface area contributed by atoms with Crippen molar-refractivity contribution in [3.05, 3.63) is 0 Å². The molecule has 1 aliphatic rings. The Morgan fingerprint density at radius 3 is 2.57 bits per heavy atom. The fourth-order valence-electron chi connectivity index (χ4n) is 1.38. The van der Waals surface area contributed by atoms with Gasteiger partial charge in [-0.2, -0.15) is 0 Å². The molecule has 3 N–H and O–H groups in total. The molecule has 1 aliphatic heterocycles. The highest BCUT2D eigenvalue weighted by Gasteiger charge is 2.19. The lowest BCUT2D eigenvalue weighted by atomic mass is 10.1. The number of nitrogens with one attached hydrogen (secondary N) is 2. The topological polar surface area (TPSA) is 53.5 Å². The Morgan fingerprint density at radius 2 is 2.07 bits per heavy atom. The van der Waals surface area contributed by atoms with Crippen LogP contribution < -0.4 is 10.6 Å². The van der Waals surface area contributed by atoms with Crippen LogP contribution in [0.15, 0.2) is 0 Å². The molecule has 0 spiro atoms. The van der Waals surface area contributed by atoms with Crippen LogP contribution in [0.5, 0.6) is 0 Å². The number of aliphatic hydroxyl groups is 1. The van der Waals surface area contributed by atoms with Gasteiger partial charge in [-0.05, 0) is 19.3 Å². The van der Waals surface area contributed by atoms with Crippen molar-refractivity contribution in [2.45, 2.75) is 45.6 Å². The van der Waals surface area contributed by atoms with Crippen molar-refractivity contribution in [3.63, 3.8) is 0 Å². The predicted molar refractivity (Wildman–Crippen MR) is 55.8 cm³/mol. The minimum Gasteiger partial charge on any atom is -0.380 e. The molecule has 4 nitrogen and oxygen atoms in total. The molecule has 0 radical (unpaired) electrons. The second-order valence-electron chi connectivity index (χ2n) is 4.33. The van der Waals surface area contributed by atoms with E-state index >= 15 is 0 Å². The van der Waals surface area contributed by atoms with Crippen molar-refractivity contribution in [1.82, 2.24) is 10.6 Å². The minimum atomic E-state index is -0.626. The molecule has 0 amide bonds. The van der Waals surface area contributed by atoms with Gasteiger partial charge in [0.2, 0.25) is 0 Å². The maximum atomic E-state index is 9.65. The normalized spacial score (nSPS) is 26.8. The molecule has 4 heteroatoms. The fraction of sp³-hybridized carbons (Fsp3) is 1.00. The highest BCUT2D eigenvalue weighted by molar-refractivity contribution is 4.73. The summed E-state index contributed by atoms with van der Waals surface area (Å²) >= 11 is 0. The zero-order chi connectivity index (χ0) is 10.6. The van der Waals surface area contributed by atoms with Crippen LogP contribution in [0.25, 0.3) is 0 Å². The third-order valence-corrected chi connectivity index (χ3v) is 2.74. The lowest BCUT2D eigenvalue weighted by molar-refractivity contribution is 0.0677. The predicted octanol–water partition coefficient (Wildman–Crippen LogP) is 0.275. The first-order chi connectivity index (χ1) is 6.59. The quantitative estimate of drug-likeness (QED) is 0.560. The Balaban J connectivity index is 2.17. The first kappa shape index (κ1) is 11.9. The standard InChI is InChI=1S/C10H22N2O2/c1-7(2)8(3)11-10(13)12-9-4-5-14-6-9/h7-13H,4-6H2,1-3H3/t8-,9?,10?/m1/s1. The Hall–Kier alpha value is -0.160. The van der Waals surface area contributed by atoms with Gasteiger partial charge in [0.05, 0.1) is 6.61 Å². The molecule has 84 valence electrons. The Labute approximate surface area is 86.0 Å². The van der Waals surface area contributed by atoms with Gasteiger partial charge in [0.15, 0.2) is 6.35 Å². The second-order valence-corrected chi connectivity index (χ2v) is 4.33. The maximum absolute atomic E-state index is 9.65. The lowest BCUT2D eigenvalue weighted by Crippen LogP contribution is -2.51. The van der Waals surface area contributed by atoms with E-state index in [0.29, 0.717) is 18.6 Å². The monoisotopic (exact) mass is 202 g/mol. The highest BCUT2D eigenvalue weighted by Crippen LogP contribution is 2.04. The Kier molecular flexibility index (Phi) is 4.81. The molecule has 3 atom stereocenters. The second kappa shape index (κ2) is 5.66. The van der Waals surface area contributed by atoms with E-state index in [0.717, 1.165) is 13.0 Å². The van der Waals surface area contributed by atoms with E-state index in [1.807, 2.05) is 0 Å². The van der Waals surface area contributed by atoms with Gasteiger partial charge in [-0.25, -0.2) is 0 Å². The van der Waals surface area contributed by atoms with Crippen molar-refractivity contribution >= 4 is 0 Å². The highest BCUT2D eigenvalue weighted by atomic mass is 16.5. The van der Waals surface area contributed by atoms with Gasteiger partial charge in [0.25, 0.3) is 0 Å². The Morgan fingerprint density at radius 1 is 1.36 bits per heavy atom. The van der Waals surface area contributed by atoms with Gasteiger partial charge in [0, 0.05) is 18.7 Å². The summed E-state index contributed by atoms with van der Waals surface area (Å²) in [6, 6.07) is 0.594. The molecule has 0 aromatic heterocycles.